The fraction of sp³-hybridized carbons (Fsp3) is 0.200. The number of carbonyl (C=O) groups is 2. The average molecular weight is 430 g/mol. The number of rotatable bonds is 7. The third-order valence-corrected chi connectivity index (χ3v) is 5.02. The molecule has 2 aromatic heterocycles. The van der Waals surface area contributed by atoms with E-state index in [1.807, 2.05) is 0 Å². The number of hydrogen-bond acceptors (Lipinski definition) is 8. The predicted molar refractivity (Wildman–Crippen MR) is 109 cm³/mol. The van der Waals surface area contributed by atoms with Crippen LogP contribution in [0.25, 0.3) is 0 Å². The number of anilines is 1. The lowest BCUT2D eigenvalue weighted by molar-refractivity contribution is -0.386. The van der Waals surface area contributed by atoms with Gasteiger partial charge < -0.3 is 19.2 Å². The van der Waals surface area contributed by atoms with Gasteiger partial charge in [0.05, 0.1) is 17.6 Å². The monoisotopic (exact) mass is 430 g/mol. The first-order valence-electron chi connectivity index (χ1n) is 8.75. The highest BCUT2D eigenvalue weighted by Crippen LogP contribution is 2.30. The van der Waals surface area contributed by atoms with E-state index >= 15 is 0 Å². The molecule has 0 radical (unpaired) electrons. The van der Waals surface area contributed by atoms with Gasteiger partial charge in [-0.05, 0) is 43.7 Å². The van der Waals surface area contributed by atoms with E-state index in [1.165, 1.54) is 42.7 Å². The van der Waals surface area contributed by atoms with E-state index in [1.54, 1.807) is 26.0 Å². The number of nitrogens with zero attached hydrogens (tertiary/aromatic N) is 1. The second-order valence-corrected chi connectivity index (χ2v) is 7.58. The molecule has 2 heterocycles. The molecule has 0 unspecified atom stereocenters. The molecule has 3 rings (SSSR count). The first kappa shape index (κ1) is 21.1. The third-order valence-electron chi connectivity index (χ3n) is 4.05. The highest BCUT2D eigenvalue weighted by Gasteiger charge is 2.20. The molecule has 0 aliphatic rings. The lowest BCUT2D eigenvalue weighted by Gasteiger charge is -2.06. The van der Waals surface area contributed by atoms with Gasteiger partial charge in [-0.1, -0.05) is 6.07 Å². The van der Waals surface area contributed by atoms with Crippen LogP contribution in [0.4, 0.5) is 10.7 Å². The number of thiophene rings is 1. The van der Waals surface area contributed by atoms with Gasteiger partial charge in [0.25, 0.3) is 5.91 Å². The minimum atomic E-state index is -0.553. The maximum absolute atomic E-state index is 12.5. The van der Waals surface area contributed by atoms with Crippen LogP contribution in [0.2, 0.25) is 0 Å². The summed E-state index contributed by atoms with van der Waals surface area (Å²) in [6, 6.07) is 9.24. The molecule has 3 aromatic rings. The number of nitro groups is 1. The van der Waals surface area contributed by atoms with Crippen molar-refractivity contribution in [1.82, 2.24) is 0 Å². The number of methoxy groups -OCH3 is 1. The summed E-state index contributed by atoms with van der Waals surface area (Å²) in [5, 5.41) is 14.2. The zero-order valence-corrected chi connectivity index (χ0v) is 17.2. The average Bonchev–Trinajstić information content (AvgIpc) is 3.33. The topological polar surface area (TPSA) is 121 Å². The molecular formula is C20H18N2O7S. The van der Waals surface area contributed by atoms with Gasteiger partial charge >= 0.3 is 11.7 Å². The summed E-state index contributed by atoms with van der Waals surface area (Å²) in [6.07, 6.45) is 0. The molecule has 0 saturated heterocycles. The van der Waals surface area contributed by atoms with Crippen LogP contribution in [0.1, 0.15) is 37.1 Å². The predicted octanol–water partition coefficient (Wildman–Crippen LogP) is 4.48. The van der Waals surface area contributed by atoms with Gasteiger partial charge in [-0.3, -0.25) is 14.9 Å². The Hall–Kier alpha value is -3.66. The Morgan fingerprint density at radius 2 is 1.97 bits per heavy atom. The Labute approximate surface area is 175 Å². The summed E-state index contributed by atoms with van der Waals surface area (Å²) in [7, 11) is 1.26. The van der Waals surface area contributed by atoms with E-state index < -0.39 is 16.8 Å². The van der Waals surface area contributed by atoms with Gasteiger partial charge in [-0.25, -0.2) is 4.79 Å². The highest BCUT2D eigenvalue weighted by molar-refractivity contribution is 7.16. The van der Waals surface area contributed by atoms with Crippen molar-refractivity contribution in [3.05, 3.63) is 74.0 Å². The van der Waals surface area contributed by atoms with Gasteiger partial charge in [0.2, 0.25) is 0 Å². The number of carbonyl (C=O) groups excluding carboxylic acids is 2. The van der Waals surface area contributed by atoms with Crippen LogP contribution in [0, 0.1) is 24.0 Å². The molecule has 0 bridgehead atoms. The van der Waals surface area contributed by atoms with Crippen molar-refractivity contribution in [2.45, 2.75) is 20.5 Å². The smallest absolute Gasteiger partial charge is 0.340 e. The van der Waals surface area contributed by atoms with Gasteiger partial charge in [-0.2, -0.15) is 0 Å². The van der Waals surface area contributed by atoms with Crippen molar-refractivity contribution in [3.63, 3.8) is 0 Å². The SMILES string of the molecule is COC(=O)c1cc(C)sc1NC(=O)c1ccc(COc2ccc(C)cc2[N+](=O)[O-])o1. The van der Waals surface area contributed by atoms with E-state index in [2.05, 4.69) is 5.32 Å². The molecule has 1 aromatic carbocycles. The Morgan fingerprint density at radius 3 is 2.67 bits per heavy atom. The minimum Gasteiger partial charge on any atom is -0.479 e. The fourth-order valence-corrected chi connectivity index (χ4v) is 3.55. The summed E-state index contributed by atoms with van der Waals surface area (Å²) >= 11 is 1.24. The second kappa shape index (κ2) is 8.78. The fourth-order valence-electron chi connectivity index (χ4n) is 2.65. The number of nitro benzene ring substituents is 1. The van der Waals surface area contributed by atoms with Crippen molar-refractivity contribution >= 4 is 33.9 Å². The lowest BCUT2D eigenvalue weighted by Crippen LogP contribution is -2.13. The molecule has 0 atom stereocenters. The largest absolute Gasteiger partial charge is 0.479 e. The zero-order chi connectivity index (χ0) is 21.8. The quantitative estimate of drug-likeness (QED) is 0.333. The van der Waals surface area contributed by atoms with Crippen LogP contribution >= 0.6 is 11.3 Å². The van der Waals surface area contributed by atoms with Crippen molar-refractivity contribution in [3.8, 4) is 5.75 Å². The molecule has 30 heavy (non-hydrogen) atoms. The van der Waals surface area contributed by atoms with Crippen molar-refractivity contribution in [2.75, 3.05) is 12.4 Å². The normalized spacial score (nSPS) is 10.5. The number of nitrogens with one attached hydrogen (secondary N) is 1. The molecule has 0 saturated carbocycles. The summed E-state index contributed by atoms with van der Waals surface area (Å²) in [5.74, 6) is -0.679. The van der Waals surface area contributed by atoms with Gasteiger partial charge in [0, 0.05) is 10.9 Å². The lowest BCUT2D eigenvalue weighted by atomic mass is 10.2. The molecule has 0 aliphatic heterocycles. The van der Waals surface area contributed by atoms with Crippen LogP contribution in [-0.2, 0) is 11.3 Å². The Morgan fingerprint density at radius 1 is 1.20 bits per heavy atom. The van der Waals surface area contributed by atoms with Crippen molar-refractivity contribution < 1.29 is 28.4 Å². The van der Waals surface area contributed by atoms with E-state index in [4.69, 9.17) is 13.9 Å². The Bertz CT molecular complexity index is 1120. The van der Waals surface area contributed by atoms with E-state index in [0.29, 0.717) is 10.8 Å². The van der Waals surface area contributed by atoms with Crippen LogP contribution < -0.4 is 10.1 Å². The van der Waals surface area contributed by atoms with E-state index in [9.17, 15) is 19.7 Å². The maximum atomic E-state index is 12.5. The standard InChI is InChI=1S/C20H18N2O7S/c1-11-4-6-16(15(8-11)22(25)26)28-10-13-5-7-17(29-13)18(23)21-19-14(20(24)27-3)9-12(2)30-19/h4-9H,10H2,1-3H3,(H,21,23). The van der Waals surface area contributed by atoms with E-state index in [-0.39, 0.29) is 29.4 Å². The molecule has 1 amide bonds. The van der Waals surface area contributed by atoms with Crippen LogP contribution in [-0.4, -0.2) is 23.9 Å². The highest BCUT2D eigenvalue weighted by atomic mass is 32.1. The molecule has 0 spiro atoms. The molecule has 10 heteroatoms. The van der Waals surface area contributed by atoms with Crippen molar-refractivity contribution in [1.29, 1.82) is 0 Å². The summed E-state index contributed by atoms with van der Waals surface area (Å²) in [4.78, 5) is 35.8. The number of hydrogen-bond donors (Lipinski definition) is 1. The third kappa shape index (κ3) is 4.66. The number of ether oxygens (including phenoxy) is 2. The second-order valence-electron chi connectivity index (χ2n) is 6.33. The first-order chi connectivity index (χ1) is 14.3. The van der Waals surface area contributed by atoms with Gasteiger partial charge in [-0.15, -0.1) is 11.3 Å². The van der Waals surface area contributed by atoms with Crippen LogP contribution in [0.3, 0.4) is 0 Å². The number of esters is 1. The van der Waals surface area contributed by atoms with Crippen LogP contribution in [0.5, 0.6) is 5.75 Å². The van der Waals surface area contributed by atoms with Gasteiger partial charge in [0.15, 0.2) is 11.5 Å². The molecule has 9 nitrogen and oxygen atoms in total. The van der Waals surface area contributed by atoms with Crippen molar-refractivity contribution in [2.24, 2.45) is 0 Å². The zero-order valence-electron chi connectivity index (χ0n) is 16.4. The maximum Gasteiger partial charge on any atom is 0.340 e. The number of benzene rings is 1. The Kier molecular flexibility index (Phi) is 6.17. The molecular weight excluding hydrogens is 412 g/mol. The summed E-state index contributed by atoms with van der Waals surface area (Å²) in [6.45, 7) is 3.46. The number of amides is 1. The molecule has 1 N–H and O–H groups in total. The number of furan rings is 1. The Balaban J connectivity index is 1.69. The molecule has 0 aliphatic carbocycles. The summed E-state index contributed by atoms with van der Waals surface area (Å²) in [5.41, 5.74) is 0.846. The summed E-state index contributed by atoms with van der Waals surface area (Å²) < 4.78 is 15.7. The molecule has 156 valence electrons. The minimum absolute atomic E-state index is 0.00822. The van der Waals surface area contributed by atoms with E-state index in [0.717, 1.165) is 10.4 Å². The first-order valence-corrected chi connectivity index (χ1v) is 9.56. The van der Waals surface area contributed by atoms with Crippen LogP contribution in [0.15, 0.2) is 40.8 Å². The van der Waals surface area contributed by atoms with Gasteiger partial charge in [0.1, 0.15) is 17.4 Å². The molecule has 0 fully saturated rings. The number of aryl methyl sites for hydroxylation is 2.